The highest BCUT2D eigenvalue weighted by Crippen LogP contribution is 2.23. The summed E-state index contributed by atoms with van der Waals surface area (Å²) < 4.78 is 11.2. The van der Waals surface area contributed by atoms with Crippen molar-refractivity contribution in [2.24, 2.45) is 0 Å². The fourth-order valence-corrected chi connectivity index (χ4v) is 7.25. The lowest BCUT2D eigenvalue weighted by molar-refractivity contribution is -0.302. The van der Waals surface area contributed by atoms with Crippen LogP contribution in [0.15, 0.2) is 122 Å². The molecule has 0 radical (unpaired) electrons. The standard InChI is InChI=1S/C57H93NO8/c1-3-5-7-9-11-13-15-16-17-18-19-20-21-22-23-24-25-26-27-28-29-30-31-32-33-34-35-36-37-39-41-43-45-47-53(61)58-50(49-65-57-56(64)55(63)54(62)52(48-59)66-57)51(60)46-44-42-40-38-14-12-10-8-6-4-2/h5,7,11,13,16-17,19-20,22-23,25-26,28-29,31-32,34-35,37,39,50-52,54-57,59-60,62-64H,3-4,6,8-10,12,14-15,18,21,24,27,30,33,36,38,40-49H2,1-2H3,(H,58,61)/b7-5-,13-11-,17-16-,20-19-,23-22-,26-25-,29-28-,32-31-,35-34-,39-37-. The number of allylic oxidation sites excluding steroid dienone is 20. The van der Waals surface area contributed by atoms with E-state index >= 15 is 0 Å². The van der Waals surface area contributed by atoms with Crippen LogP contribution >= 0.6 is 0 Å². The highest BCUT2D eigenvalue weighted by Gasteiger charge is 2.44. The number of ether oxygens (including phenoxy) is 2. The lowest BCUT2D eigenvalue weighted by Gasteiger charge is -2.40. The second kappa shape index (κ2) is 45.4. The quantitative estimate of drug-likeness (QED) is 0.0262. The Bertz CT molecular complexity index is 1440. The molecule has 1 rings (SSSR count). The maximum Gasteiger partial charge on any atom is 0.220 e. The van der Waals surface area contributed by atoms with Gasteiger partial charge in [-0.15, -0.1) is 0 Å². The van der Waals surface area contributed by atoms with Crippen molar-refractivity contribution in [2.45, 2.75) is 217 Å². The number of unbranched alkanes of at least 4 members (excludes halogenated alkanes) is 11. The molecular weight excluding hydrogens is 827 g/mol. The SMILES string of the molecule is CC/C=C\C/C=C\C/C=C\C/C=C\C/C=C\C/C=C\C/C=C\C/C=C\C/C=C\C/C=C\CCCCC(=O)NC(COC1OC(CO)C(O)C(O)C1O)C(O)CCCCCCCCCCCC. The number of hydrogen-bond acceptors (Lipinski definition) is 8. The zero-order valence-corrected chi connectivity index (χ0v) is 41.1. The normalized spacial score (nSPS) is 20.9. The summed E-state index contributed by atoms with van der Waals surface area (Å²) in [5.74, 6) is -0.195. The van der Waals surface area contributed by atoms with Gasteiger partial charge in [-0.05, 0) is 89.9 Å². The largest absolute Gasteiger partial charge is 0.394 e. The summed E-state index contributed by atoms with van der Waals surface area (Å²) in [4.78, 5) is 13.0. The average Bonchev–Trinajstić information content (AvgIpc) is 3.32. The van der Waals surface area contributed by atoms with Crippen LogP contribution in [0.2, 0.25) is 0 Å². The van der Waals surface area contributed by atoms with Gasteiger partial charge in [0.1, 0.15) is 24.4 Å². The number of carbonyl (C=O) groups is 1. The van der Waals surface area contributed by atoms with Crippen LogP contribution in [0.25, 0.3) is 0 Å². The summed E-state index contributed by atoms with van der Waals surface area (Å²) >= 11 is 0. The highest BCUT2D eigenvalue weighted by atomic mass is 16.7. The number of carbonyl (C=O) groups excluding carboxylic acids is 1. The first-order valence-corrected chi connectivity index (χ1v) is 25.7. The minimum absolute atomic E-state index is 0.165. The smallest absolute Gasteiger partial charge is 0.220 e. The predicted molar refractivity (Wildman–Crippen MR) is 276 cm³/mol. The van der Waals surface area contributed by atoms with E-state index in [0.29, 0.717) is 19.3 Å². The van der Waals surface area contributed by atoms with Gasteiger partial charge < -0.3 is 40.3 Å². The van der Waals surface area contributed by atoms with E-state index in [1.165, 1.54) is 44.9 Å². The number of nitrogens with one attached hydrogen (secondary N) is 1. The first kappa shape index (κ1) is 60.6. The summed E-state index contributed by atoms with van der Waals surface area (Å²) in [5, 5.41) is 54.3. The Morgan fingerprint density at radius 3 is 1.36 bits per heavy atom. The molecule has 0 aliphatic carbocycles. The van der Waals surface area contributed by atoms with Crippen molar-refractivity contribution in [3.05, 3.63) is 122 Å². The zero-order chi connectivity index (χ0) is 48.0. The zero-order valence-electron chi connectivity index (χ0n) is 41.1. The van der Waals surface area contributed by atoms with Crippen molar-refractivity contribution in [3.8, 4) is 0 Å². The van der Waals surface area contributed by atoms with Crippen molar-refractivity contribution in [1.82, 2.24) is 5.32 Å². The van der Waals surface area contributed by atoms with Crippen LogP contribution in [0.5, 0.6) is 0 Å². The Morgan fingerprint density at radius 2 is 0.939 bits per heavy atom. The van der Waals surface area contributed by atoms with Gasteiger partial charge in [-0.25, -0.2) is 0 Å². The van der Waals surface area contributed by atoms with Gasteiger partial charge in [0.15, 0.2) is 6.29 Å². The van der Waals surface area contributed by atoms with Gasteiger partial charge in [-0.1, -0.05) is 200 Å². The topological polar surface area (TPSA) is 149 Å². The first-order chi connectivity index (χ1) is 32.3. The molecule has 0 aromatic carbocycles. The molecule has 6 N–H and O–H groups in total. The number of hydrogen-bond donors (Lipinski definition) is 6. The summed E-state index contributed by atoms with van der Waals surface area (Å²) in [6, 6.07) is -0.750. The maximum absolute atomic E-state index is 13.0. The van der Waals surface area contributed by atoms with E-state index in [-0.39, 0.29) is 12.5 Å². The van der Waals surface area contributed by atoms with Gasteiger partial charge >= 0.3 is 0 Å². The second-order valence-electron chi connectivity index (χ2n) is 17.2. The third-order valence-electron chi connectivity index (χ3n) is 11.3. The van der Waals surface area contributed by atoms with Crippen LogP contribution in [0, 0.1) is 0 Å². The summed E-state index contributed by atoms with van der Waals surface area (Å²) in [6.45, 7) is 3.65. The molecule has 0 spiro atoms. The molecule has 1 saturated heterocycles. The predicted octanol–water partition coefficient (Wildman–Crippen LogP) is 12.0. The molecule has 0 bridgehead atoms. The molecule has 7 unspecified atom stereocenters. The fraction of sp³-hybridized carbons (Fsp3) is 0.632. The Morgan fingerprint density at radius 1 is 0.530 bits per heavy atom. The van der Waals surface area contributed by atoms with Gasteiger partial charge in [0, 0.05) is 6.42 Å². The Labute approximate surface area is 401 Å². The van der Waals surface area contributed by atoms with Crippen molar-refractivity contribution in [3.63, 3.8) is 0 Å². The first-order valence-electron chi connectivity index (χ1n) is 25.7. The minimum atomic E-state index is -1.57. The van der Waals surface area contributed by atoms with Crippen LogP contribution in [-0.4, -0.2) is 87.5 Å². The van der Waals surface area contributed by atoms with E-state index < -0.39 is 49.5 Å². The summed E-state index contributed by atoms with van der Waals surface area (Å²) in [7, 11) is 0. The van der Waals surface area contributed by atoms with E-state index in [2.05, 4.69) is 141 Å². The molecule has 0 aromatic rings. The maximum atomic E-state index is 13.0. The Kier molecular flexibility index (Phi) is 41.7. The molecule has 0 saturated carbocycles. The fourth-order valence-electron chi connectivity index (χ4n) is 7.25. The Balaban J connectivity index is 2.25. The highest BCUT2D eigenvalue weighted by molar-refractivity contribution is 5.76. The summed E-state index contributed by atoms with van der Waals surface area (Å²) in [5.41, 5.74) is 0. The number of aliphatic hydroxyl groups excluding tert-OH is 5. The van der Waals surface area contributed by atoms with E-state index in [0.717, 1.165) is 96.3 Å². The van der Waals surface area contributed by atoms with E-state index in [4.69, 9.17) is 9.47 Å². The monoisotopic (exact) mass is 920 g/mol. The second-order valence-corrected chi connectivity index (χ2v) is 17.2. The van der Waals surface area contributed by atoms with E-state index in [9.17, 15) is 30.3 Å². The number of aliphatic hydroxyl groups is 5. The molecule has 1 fully saturated rings. The third-order valence-corrected chi connectivity index (χ3v) is 11.3. The molecular formula is C57H93NO8. The molecule has 66 heavy (non-hydrogen) atoms. The van der Waals surface area contributed by atoms with E-state index in [1.807, 2.05) is 0 Å². The number of amides is 1. The minimum Gasteiger partial charge on any atom is -0.394 e. The molecule has 1 aliphatic heterocycles. The lowest BCUT2D eigenvalue weighted by atomic mass is 9.99. The summed E-state index contributed by atoms with van der Waals surface area (Å²) in [6.07, 6.45) is 60.8. The molecule has 9 nitrogen and oxygen atoms in total. The average molecular weight is 920 g/mol. The molecule has 7 atom stereocenters. The molecule has 0 aromatic heterocycles. The van der Waals surface area contributed by atoms with Crippen LogP contribution in [0.1, 0.15) is 174 Å². The molecule has 1 amide bonds. The van der Waals surface area contributed by atoms with Gasteiger partial charge in [0.05, 0.1) is 25.4 Å². The van der Waals surface area contributed by atoms with Gasteiger partial charge in [0.2, 0.25) is 5.91 Å². The van der Waals surface area contributed by atoms with Crippen molar-refractivity contribution < 1.29 is 39.8 Å². The van der Waals surface area contributed by atoms with Gasteiger partial charge in [-0.3, -0.25) is 4.79 Å². The van der Waals surface area contributed by atoms with Gasteiger partial charge in [-0.2, -0.15) is 0 Å². The van der Waals surface area contributed by atoms with Crippen LogP contribution in [0.3, 0.4) is 0 Å². The molecule has 9 heteroatoms. The van der Waals surface area contributed by atoms with Crippen molar-refractivity contribution in [2.75, 3.05) is 13.2 Å². The third kappa shape index (κ3) is 34.8. The van der Waals surface area contributed by atoms with E-state index in [1.54, 1.807) is 0 Å². The van der Waals surface area contributed by atoms with Crippen molar-refractivity contribution in [1.29, 1.82) is 0 Å². The van der Waals surface area contributed by atoms with Crippen LogP contribution < -0.4 is 5.32 Å². The number of rotatable bonds is 41. The van der Waals surface area contributed by atoms with Crippen LogP contribution in [-0.2, 0) is 14.3 Å². The molecule has 1 heterocycles. The Hall–Kier alpha value is -3.41. The molecule has 1 aliphatic rings. The molecule has 374 valence electrons. The van der Waals surface area contributed by atoms with Gasteiger partial charge in [0.25, 0.3) is 0 Å². The lowest BCUT2D eigenvalue weighted by Crippen LogP contribution is -2.60. The van der Waals surface area contributed by atoms with Crippen LogP contribution in [0.4, 0.5) is 0 Å². The van der Waals surface area contributed by atoms with Crippen molar-refractivity contribution >= 4 is 5.91 Å².